The molecule has 0 fully saturated rings. The Hall–Kier alpha value is -3.06. The number of benzene rings is 2. The summed E-state index contributed by atoms with van der Waals surface area (Å²) >= 11 is 1.64. The van der Waals surface area contributed by atoms with Gasteiger partial charge in [0.15, 0.2) is 5.82 Å². The van der Waals surface area contributed by atoms with E-state index in [0.29, 0.717) is 29.7 Å². The fraction of sp³-hybridized carbons (Fsp3) is 0.227. The maximum Gasteiger partial charge on any atom is 0.262 e. The lowest BCUT2D eigenvalue weighted by Crippen LogP contribution is -2.48. The third-order valence-electron chi connectivity index (χ3n) is 5.38. The minimum Gasteiger partial charge on any atom is -0.497 e. The monoisotopic (exact) mass is 405 g/mol. The van der Waals surface area contributed by atoms with E-state index in [2.05, 4.69) is 0 Å². The van der Waals surface area contributed by atoms with Gasteiger partial charge in [-0.05, 0) is 35.2 Å². The molecule has 5 rings (SSSR count). The second-order valence-corrected chi connectivity index (χ2v) is 8.04. The summed E-state index contributed by atoms with van der Waals surface area (Å²) in [6, 6.07) is 14.3. The van der Waals surface area contributed by atoms with Gasteiger partial charge >= 0.3 is 0 Å². The summed E-state index contributed by atoms with van der Waals surface area (Å²) in [4.78, 5) is 33.4. The van der Waals surface area contributed by atoms with Crippen LogP contribution in [0.1, 0.15) is 17.4 Å². The summed E-state index contributed by atoms with van der Waals surface area (Å²) in [5.74, 6) is 2.06. The van der Waals surface area contributed by atoms with E-state index in [9.17, 15) is 9.59 Å². The van der Waals surface area contributed by atoms with Gasteiger partial charge in [-0.3, -0.25) is 14.2 Å². The highest BCUT2D eigenvalue weighted by Gasteiger charge is 2.39. The highest BCUT2D eigenvalue weighted by molar-refractivity contribution is 8.02. The van der Waals surface area contributed by atoms with Crippen LogP contribution in [0, 0.1) is 0 Å². The Bertz CT molecular complexity index is 1220. The fourth-order valence-electron chi connectivity index (χ4n) is 3.98. The van der Waals surface area contributed by atoms with E-state index in [0.717, 1.165) is 22.8 Å². The largest absolute Gasteiger partial charge is 0.497 e. The predicted octanol–water partition coefficient (Wildman–Crippen LogP) is 3.08. The second-order valence-electron chi connectivity index (χ2n) is 7.06. The van der Waals surface area contributed by atoms with Gasteiger partial charge in [-0.2, -0.15) is 0 Å². The number of ether oxygens (including phenoxy) is 1. The molecule has 3 aromatic rings. The number of hydrogen-bond donors (Lipinski definition) is 0. The van der Waals surface area contributed by atoms with Crippen LogP contribution in [0.5, 0.6) is 5.75 Å². The Labute approximate surface area is 171 Å². The Balaban J connectivity index is 1.72. The molecular formula is C22H19N3O3S. The lowest BCUT2D eigenvalue weighted by atomic mass is 10.0. The van der Waals surface area contributed by atoms with Crippen molar-refractivity contribution < 1.29 is 9.53 Å². The van der Waals surface area contributed by atoms with E-state index >= 15 is 0 Å². The first-order valence-electron chi connectivity index (χ1n) is 9.45. The molecule has 1 amide bonds. The summed E-state index contributed by atoms with van der Waals surface area (Å²) in [6.45, 7) is 0.618. The highest BCUT2D eigenvalue weighted by atomic mass is 32.2. The zero-order valence-corrected chi connectivity index (χ0v) is 16.7. The minimum absolute atomic E-state index is 0.0638. The van der Waals surface area contributed by atoms with E-state index in [4.69, 9.17) is 9.72 Å². The van der Waals surface area contributed by atoms with Crippen LogP contribution in [0.2, 0.25) is 0 Å². The SMILES string of the molecule is COc1cccc(C[C@@H]2C(=O)N3CCSC=C3c3nc4ccccc4c(=O)n32)c1. The second kappa shape index (κ2) is 7.08. The molecule has 0 spiro atoms. The van der Waals surface area contributed by atoms with Crippen molar-refractivity contribution in [3.63, 3.8) is 0 Å². The van der Waals surface area contributed by atoms with E-state index in [1.165, 1.54) is 0 Å². The molecule has 2 aliphatic rings. The number of aromatic nitrogens is 2. The Kier molecular flexibility index (Phi) is 4.39. The van der Waals surface area contributed by atoms with Crippen molar-refractivity contribution >= 4 is 34.3 Å². The Morgan fingerprint density at radius 1 is 1.17 bits per heavy atom. The molecule has 3 heterocycles. The summed E-state index contributed by atoms with van der Waals surface area (Å²) < 4.78 is 6.90. The average molecular weight is 405 g/mol. The van der Waals surface area contributed by atoms with Gasteiger partial charge in [-0.25, -0.2) is 4.98 Å². The fourth-order valence-corrected chi connectivity index (χ4v) is 4.77. The van der Waals surface area contributed by atoms with Crippen molar-refractivity contribution in [3.8, 4) is 5.75 Å². The smallest absolute Gasteiger partial charge is 0.262 e. The zero-order chi connectivity index (χ0) is 20.0. The first kappa shape index (κ1) is 18.0. The zero-order valence-electron chi connectivity index (χ0n) is 15.9. The van der Waals surface area contributed by atoms with Gasteiger partial charge in [0.1, 0.15) is 11.8 Å². The van der Waals surface area contributed by atoms with E-state index in [-0.39, 0.29) is 11.5 Å². The number of carbonyl (C=O) groups excluding carboxylic acids is 1. The molecule has 0 aliphatic carbocycles. The minimum atomic E-state index is -0.637. The van der Waals surface area contributed by atoms with Crippen LogP contribution in [0.4, 0.5) is 0 Å². The molecule has 0 N–H and O–H groups in total. The molecule has 0 saturated carbocycles. The van der Waals surface area contributed by atoms with Crippen molar-refractivity contribution in [1.29, 1.82) is 0 Å². The van der Waals surface area contributed by atoms with Crippen molar-refractivity contribution in [3.05, 3.63) is 75.7 Å². The molecule has 7 heteroatoms. The standard InChI is InChI=1S/C22H19N3O3S/c1-28-15-6-4-5-14(11-15)12-18-22(27)24-9-10-29-13-19(24)20-23-17-8-3-2-7-16(17)21(26)25(18)20/h2-8,11,13,18H,9-10,12H2,1H3/t18-/m1/s1. The number of nitrogens with zero attached hydrogens (tertiary/aromatic N) is 3. The Morgan fingerprint density at radius 3 is 2.90 bits per heavy atom. The van der Waals surface area contributed by atoms with Crippen LogP contribution in [0.25, 0.3) is 16.6 Å². The third kappa shape index (κ3) is 2.93. The van der Waals surface area contributed by atoms with Crippen molar-refractivity contribution in [2.75, 3.05) is 19.4 Å². The lowest BCUT2D eigenvalue weighted by Gasteiger charge is -2.38. The van der Waals surface area contributed by atoms with Gasteiger partial charge in [0.2, 0.25) is 0 Å². The number of amides is 1. The maximum absolute atomic E-state index is 13.4. The number of para-hydroxylation sites is 1. The normalized spacial score (nSPS) is 18.2. The van der Waals surface area contributed by atoms with Crippen LogP contribution in [-0.4, -0.2) is 39.8 Å². The molecular weight excluding hydrogens is 386 g/mol. The molecule has 1 aromatic heterocycles. The predicted molar refractivity (Wildman–Crippen MR) is 114 cm³/mol. The van der Waals surface area contributed by atoms with Crippen LogP contribution in [0.15, 0.2) is 58.7 Å². The quantitative estimate of drug-likeness (QED) is 0.670. The number of methoxy groups -OCH3 is 1. The molecule has 6 nitrogen and oxygen atoms in total. The lowest BCUT2D eigenvalue weighted by molar-refractivity contribution is -0.132. The average Bonchev–Trinajstić information content (AvgIpc) is 2.77. The van der Waals surface area contributed by atoms with Crippen LogP contribution in [0.3, 0.4) is 0 Å². The number of carbonyl (C=O) groups is 1. The molecule has 2 aliphatic heterocycles. The van der Waals surface area contributed by atoms with Crippen molar-refractivity contribution in [1.82, 2.24) is 14.5 Å². The third-order valence-corrected chi connectivity index (χ3v) is 6.19. The molecule has 0 unspecified atom stereocenters. The van der Waals surface area contributed by atoms with Gasteiger partial charge in [0.25, 0.3) is 11.5 Å². The number of rotatable bonds is 3. The molecule has 0 radical (unpaired) electrons. The van der Waals surface area contributed by atoms with Gasteiger partial charge in [0, 0.05) is 18.7 Å². The number of hydrogen-bond acceptors (Lipinski definition) is 5. The van der Waals surface area contributed by atoms with E-state index < -0.39 is 6.04 Å². The first-order valence-corrected chi connectivity index (χ1v) is 10.5. The highest BCUT2D eigenvalue weighted by Crippen LogP contribution is 2.35. The van der Waals surface area contributed by atoms with Gasteiger partial charge in [-0.1, -0.05) is 24.3 Å². The van der Waals surface area contributed by atoms with E-state index in [1.54, 1.807) is 34.4 Å². The van der Waals surface area contributed by atoms with Crippen LogP contribution < -0.4 is 10.3 Å². The topological polar surface area (TPSA) is 64.4 Å². The van der Waals surface area contributed by atoms with Crippen molar-refractivity contribution in [2.45, 2.75) is 12.5 Å². The summed E-state index contributed by atoms with van der Waals surface area (Å²) in [7, 11) is 1.61. The summed E-state index contributed by atoms with van der Waals surface area (Å²) in [6.07, 6.45) is 0.403. The van der Waals surface area contributed by atoms with Crippen LogP contribution >= 0.6 is 11.8 Å². The van der Waals surface area contributed by atoms with Gasteiger partial charge < -0.3 is 9.64 Å². The molecule has 146 valence electrons. The van der Waals surface area contributed by atoms with E-state index in [1.807, 2.05) is 47.9 Å². The molecule has 0 bridgehead atoms. The maximum atomic E-state index is 13.4. The van der Waals surface area contributed by atoms with Crippen LogP contribution in [-0.2, 0) is 11.2 Å². The number of thioether (sulfide) groups is 1. The summed E-state index contributed by atoms with van der Waals surface area (Å²) in [5, 5.41) is 2.47. The number of fused-ring (bicyclic) bond motifs is 4. The summed E-state index contributed by atoms with van der Waals surface area (Å²) in [5.41, 5.74) is 2.13. The molecule has 1 atom stereocenters. The van der Waals surface area contributed by atoms with Gasteiger partial charge in [0.05, 0.1) is 23.7 Å². The van der Waals surface area contributed by atoms with Gasteiger partial charge in [-0.15, -0.1) is 11.8 Å². The molecule has 2 aromatic carbocycles. The Morgan fingerprint density at radius 2 is 2.03 bits per heavy atom. The molecule has 0 saturated heterocycles. The first-order chi connectivity index (χ1) is 14.2. The molecule has 29 heavy (non-hydrogen) atoms. The van der Waals surface area contributed by atoms with Crippen molar-refractivity contribution in [2.24, 2.45) is 0 Å².